The molecule has 13 heavy (non-hydrogen) atoms. The molecule has 0 radical (unpaired) electrons. The second-order valence-electron chi connectivity index (χ2n) is 3.82. The van der Waals surface area contributed by atoms with Crippen molar-refractivity contribution in [1.82, 2.24) is 0 Å². The van der Waals surface area contributed by atoms with Gasteiger partial charge in [0.25, 0.3) is 0 Å². The summed E-state index contributed by atoms with van der Waals surface area (Å²) in [6.45, 7) is 0. The molecule has 0 saturated heterocycles. The largest absolute Gasteiger partial charge is 0.477 e. The topological polar surface area (TPSA) is 61.1 Å². The molecule has 2 rings (SSSR count). The van der Waals surface area contributed by atoms with Crippen molar-refractivity contribution in [2.75, 3.05) is 0 Å². The molecule has 2 aliphatic carbocycles. The average molecular weight is 177 g/mol. The predicted octanol–water partition coefficient (Wildman–Crippen LogP) is 1.71. The molecular weight excluding hydrogens is 166 g/mol. The number of nitrogens with zero attached hydrogens (tertiary/aromatic N) is 1. The zero-order valence-corrected chi connectivity index (χ0v) is 7.29. The van der Waals surface area contributed by atoms with Gasteiger partial charge in [-0.1, -0.05) is 6.42 Å². The summed E-state index contributed by atoms with van der Waals surface area (Å²) in [7, 11) is 0. The molecule has 0 aliphatic heterocycles. The number of carboxylic acid groups (broad SMARTS) is 1. The molecule has 3 heteroatoms. The highest BCUT2D eigenvalue weighted by molar-refractivity contribution is 5.92. The van der Waals surface area contributed by atoms with Gasteiger partial charge in [0.2, 0.25) is 0 Å². The molecule has 0 heterocycles. The van der Waals surface area contributed by atoms with Crippen LogP contribution in [-0.2, 0) is 4.79 Å². The monoisotopic (exact) mass is 177 g/mol. The van der Waals surface area contributed by atoms with Crippen LogP contribution in [0.25, 0.3) is 0 Å². The zero-order valence-electron chi connectivity index (χ0n) is 7.29. The van der Waals surface area contributed by atoms with E-state index in [1.54, 1.807) is 6.07 Å². The number of nitriles is 1. The molecule has 0 spiro atoms. The third kappa shape index (κ3) is 1.14. The summed E-state index contributed by atoms with van der Waals surface area (Å²) in [6.07, 6.45) is 4.34. The van der Waals surface area contributed by atoms with E-state index in [9.17, 15) is 4.79 Å². The summed E-state index contributed by atoms with van der Waals surface area (Å²) in [5.41, 5.74) is 0.903. The standard InChI is InChI=1S/C10H11NO2/c11-5-9(10(12)13)8-4-6-2-1-3-7(6)8/h6-7H,1-4H2,(H,12,13). The van der Waals surface area contributed by atoms with Crippen molar-refractivity contribution in [2.24, 2.45) is 11.8 Å². The third-order valence-corrected chi connectivity index (χ3v) is 3.24. The quantitative estimate of drug-likeness (QED) is 0.490. The van der Waals surface area contributed by atoms with Crippen LogP contribution >= 0.6 is 0 Å². The molecule has 1 N–H and O–H groups in total. The molecule has 2 unspecified atom stereocenters. The molecule has 2 saturated carbocycles. The SMILES string of the molecule is N#CC(C(=O)O)=C1CC2CCCC12. The van der Waals surface area contributed by atoms with Gasteiger partial charge in [0.1, 0.15) is 11.6 Å². The maximum Gasteiger partial charge on any atom is 0.346 e. The number of rotatable bonds is 1. The molecule has 2 fully saturated rings. The first-order valence-electron chi connectivity index (χ1n) is 4.60. The number of carboxylic acids is 1. The molecule has 0 aromatic carbocycles. The summed E-state index contributed by atoms with van der Waals surface area (Å²) in [5.74, 6) is 0.0475. The van der Waals surface area contributed by atoms with Crippen LogP contribution in [0.5, 0.6) is 0 Å². The van der Waals surface area contributed by atoms with Crippen molar-refractivity contribution in [1.29, 1.82) is 5.26 Å². The van der Waals surface area contributed by atoms with Gasteiger partial charge in [0.15, 0.2) is 0 Å². The first kappa shape index (κ1) is 8.31. The molecule has 68 valence electrons. The Hall–Kier alpha value is -1.30. The highest BCUT2D eigenvalue weighted by Gasteiger charge is 2.42. The Labute approximate surface area is 76.7 Å². The fourth-order valence-corrected chi connectivity index (χ4v) is 2.56. The molecular formula is C10H11NO2. The van der Waals surface area contributed by atoms with Crippen LogP contribution in [0, 0.1) is 23.2 Å². The van der Waals surface area contributed by atoms with Gasteiger partial charge in [-0.15, -0.1) is 0 Å². The Morgan fingerprint density at radius 1 is 1.54 bits per heavy atom. The van der Waals surface area contributed by atoms with E-state index in [0.29, 0.717) is 11.8 Å². The van der Waals surface area contributed by atoms with E-state index in [4.69, 9.17) is 10.4 Å². The van der Waals surface area contributed by atoms with Crippen molar-refractivity contribution < 1.29 is 9.90 Å². The number of hydrogen-bond acceptors (Lipinski definition) is 2. The Bertz CT molecular complexity index is 324. The van der Waals surface area contributed by atoms with Gasteiger partial charge >= 0.3 is 5.97 Å². The van der Waals surface area contributed by atoms with E-state index >= 15 is 0 Å². The minimum absolute atomic E-state index is 0.00292. The van der Waals surface area contributed by atoms with Gasteiger partial charge in [-0.2, -0.15) is 5.26 Å². The normalized spacial score (nSPS) is 34.4. The van der Waals surface area contributed by atoms with E-state index in [-0.39, 0.29) is 5.57 Å². The lowest BCUT2D eigenvalue weighted by molar-refractivity contribution is -0.132. The number of aliphatic carboxylic acids is 1. The average Bonchev–Trinajstić information content (AvgIpc) is 2.41. The van der Waals surface area contributed by atoms with Crippen molar-refractivity contribution in [3.8, 4) is 6.07 Å². The van der Waals surface area contributed by atoms with Crippen LogP contribution in [0.15, 0.2) is 11.1 Å². The van der Waals surface area contributed by atoms with Gasteiger partial charge in [0.05, 0.1) is 0 Å². The van der Waals surface area contributed by atoms with E-state index in [0.717, 1.165) is 18.4 Å². The van der Waals surface area contributed by atoms with Crippen LogP contribution in [0.1, 0.15) is 25.7 Å². The fraction of sp³-hybridized carbons (Fsp3) is 0.600. The number of allylic oxidation sites excluding steroid dienone is 1. The minimum Gasteiger partial charge on any atom is -0.477 e. The maximum absolute atomic E-state index is 10.7. The minimum atomic E-state index is -1.05. The number of fused-ring (bicyclic) bond motifs is 1. The van der Waals surface area contributed by atoms with Crippen molar-refractivity contribution in [2.45, 2.75) is 25.7 Å². The van der Waals surface area contributed by atoms with Gasteiger partial charge < -0.3 is 5.11 Å². The van der Waals surface area contributed by atoms with E-state index in [1.807, 2.05) is 0 Å². The second kappa shape index (κ2) is 2.88. The smallest absolute Gasteiger partial charge is 0.346 e. The van der Waals surface area contributed by atoms with Gasteiger partial charge in [-0.25, -0.2) is 4.79 Å². The van der Waals surface area contributed by atoms with Crippen LogP contribution in [0.2, 0.25) is 0 Å². The summed E-state index contributed by atoms with van der Waals surface area (Å²) in [5, 5.41) is 17.4. The van der Waals surface area contributed by atoms with Gasteiger partial charge in [-0.3, -0.25) is 0 Å². The van der Waals surface area contributed by atoms with Crippen molar-refractivity contribution >= 4 is 5.97 Å². The van der Waals surface area contributed by atoms with E-state index < -0.39 is 5.97 Å². The Morgan fingerprint density at radius 2 is 2.31 bits per heavy atom. The first-order valence-corrected chi connectivity index (χ1v) is 4.60. The van der Waals surface area contributed by atoms with Crippen LogP contribution in [-0.4, -0.2) is 11.1 Å². The Morgan fingerprint density at radius 3 is 2.85 bits per heavy atom. The molecule has 2 aliphatic rings. The number of hydrogen-bond donors (Lipinski definition) is 1. The van der Waals surface area contributed by atoms with Gasteiger partial charge in [-0.05, 0) is 36.7 Å². The van der Waals surface area contributed by atoms with Crippen molar-refractivity contribution in [3.63, 3.8) is 0 Å². The van der Waals surface area contributed by atoms with Crippen LogP contribution < -0.4 is 0 Å². The fourth-order valence-electron chi connectivity index (χ4n) is 2.56. The number of carbonyl (C=O) groups is 1. The lowest BCUT2D eigenvalue weighted by Gasteiger charge is -2.34. The highest BCUT2D eigenvalue weighted by atomic mass is 16.4. The summed E-state index contributed by atoms with van der Waals surface area (Å²) in [4.78, 5) is 10.7. The van der Waals surface area contributed by atoms with Crippen LogP contribution in [0.4, 0.5) is 0 Å². The highest BCUT2D eigenvalue weighted by Crippen LogP contribution is 2.51. The van der Waals surface area contributed by atoms with Gasteiger partial charge in [0, 0.05) is 0 Å². The first-order chi connectivity index (χ1) is 6.24. The summed E-state index contributed by atoms with van der Waals surface area (Å²) < 4.78 is 0. The van der Waals surface area contributed by atoms with E-state index in [1.165, 1.54) is 12.8 Å². The Balaban J connectivity index is 2.26. The van der Waals surface area contributed by atoms with E-state index in [2.05, 4.69) is 0 Å². The maximum atomic E-state index is 10.7. The third-order valence-electron chi connectivity index (χ3n) is 3.24. The molecule has 3 nitrogen and oxygen atoms in total. The molecule has 0 amide bonds. The molecule has 0 aromatic rings. The predicted molar refractivity (Wildman–Crippen MR) is 45.7 cm³/mol. The Kier molecular flexibility index (Phi) is 1.84. The van der Waals surface area contributed by atoms with Crippen LogP contribution in [0.3, 0.4) is 0 Å². The lowest BCUT2D eigenvalue weighted by Crippen LogP contribution is -2.26. The molecule has 2 atom stereocenters. The summed E-state index contributed by atoms with van der Waals surface area (Å²) in [6, 6.07) is 1.80. The second-order valence-corrected chi connectivity index (χ2v) is 3.82. The lowest BCUT2D eigenvalue weighted by atomic mass is 9.69. The zero-order chi connectivity index (χ0) is 9.42. The van der Waals surface area contributed by atoms with Crippen molar-refractivity contribution in [3.05, 3.63) is 11.1 Å². The summed E-state index contributed by atoms with van der Waals surface area (Å²) >= 11 is 0. The molecule has 0 bridgehead atoms. The molecule has 0 aromatic heterocycles.